The molecular weight excluding hydrogens is 253 g/mol. The van der Waals surface area contributed by atoms with Crippen LogP contribution < -0.4 is 11.1 Å². The molecule has 0 aromatic heterocycles. The number of carbonyl (C=O) groups is 1. The number of rotatable bonds is 7. The number of urea groups is 1. The minimum Gasteiger partial charge on any atom is -0.388 e. The molecule has 0 bridgehead atoms. The van der Waals surface area contributed by atoms with Crippen LogP contribution in [-0.4, -0.2) is 56.3 Å². The Kier molecular flexibility index (Phi) is 7.10. The molecule has 0 aliphatic heterocycles. The molecule has 2 amide bonds. The van der Waals surface area contributed by atoms with Gasteiger partial charge in [-0.3, -0.25) is 5.41 Å². The second kappa shape index (κ2) is 7.75. The van der Waals surface area contributed by atoms with E-state index in [0.29, 0.717) is 0 Å². The molecule has 0 unspecified atom stereocenters. The summed E-state index contributed by atoms with van der Waals surface area (Å²) in [5.41, 5.74) is 5.13. The topological polar surface area (TPSA) is 91.4 Å². The molecule has 0 atom stereocenters. The van der Waals surface area contributed by atoms with E-state index >= 15 is 0 Å². The van der Waals surface area contributed by atoms with Crippen LogP contribution in [0, 0.1) is 5.41 Å². The van der Waals surface area contributed by atoms with Gasteiger partial charge in [0.05, 0.1) is 12.4 Å². The number of nitrogens with two attached hydrogens (primary N) is 1. The summed E-state index contributed by atoms with van der Waals surface area (Å²) in [6, 6.07) is -0.856. The van der Waals surface area contributed by atoms with Crippen molar-refractivity contribution in [2.75, 3.05) is 33.4 Å². The standard InChI is InChI=1S/C9H17F3N4O2/c1-18-5-4-16(3-2-7(13)14)8(17)15-6-9(10,11)12/h2-6H2,1H3,(H3,13,14)(H,15,17). The van der Waals surface area contributed by atoms with Crippen molar-refractivity contribution in [3.05, 3.63) is 0 Å². The number of nitrogens with zero attached hydrogens (tertiary/aromatic N) is 1. The van der Waals surface area contributed by atoms with Crippen LogP contribution in [-0.2, 0) is 4.74 Å². The van der Waals surface area contributed by atoms with Crippen molar-refractivity contribution >= 4 is 11.9 Å². The van der Waals surface area contributed by atoms with Crippen LogP contribution in [0.1, 0.15) is 6.42 Å². The number of nitrogens with one attached hydrogen (secondary N) is 2. The van der Waals surface area contributed by atoms with Gasteiger partial charge in [-0.15, -0.1) is 0 Å². The van der Waals surface area contributed by atoms with Crippen LogP contribution in [0.25, 0.3) is 0 Å². The smallest absolute Gasteiger partial charge is 0.388 e. The Morgan fingerprint density at radius 3 is 2.50 bits per heavy atom. The maximum absolute atomic E-state index is 11.9. The van der Waals surface area contributed by atoms with E-state index in [1.807, 2.05) is 0 Å². The molecule has 0 aromatic carbocycles. The number of alkyl halides is 3. The highest BCUT2D eigenvalue weighted by Gasteiger charge is 2.28. The van der Waals surface area contributed by atoms with Gasteiger partial charge in [-0.1, -0.05) is 0 Å². The van der Waals surface area contributed by atoms with Gasteiger partial charge < -0.3 is 20.7 Å². The van der Waals surface area contributed by atoms with Crippen molar-refractivity contribution in [1.29, 1.82) is 5.41 Å². The molecule has 0 saturated carbocycles. The highest BCUT2D eigenvalue weighted by atomic mass is 19.4. The first-order valence-electron chi connectivity index (χ1n) is 5.17. The van der Waals surface area contributed by atoms with Crippen molar-refractivity contribution in [3.8, 4) is 0 Å². The summed E-state index contributed by atoms with van der Waals surface area (Å²) in [6.07, 6.45) is -4.35. The Labute approximate surface area is 103 Å². The predicted octanol–water partition coefficient (Wildman–Crippen LogP) is 0.533. The summed E-state index contributed by atoms with van der Waals surface area (Å²) in [5, 5.41) is 8.77. The van der Waals surface area contributed by atoms with Crippen molar-refractivity contribution < 1.29 is 22.7 Å². The molecule has 6 nitrogen and oxygen atoms in total. The number of ether oxygens (including phenoxy) is 1. The van der Waals surface area contributed by atoms with Gasteiger partial charge in [-0.2, -0.15) is 13.2 Å². The number of methoxy groups -OCH3 is 1. The maximum Gasteiger partial charge on any atom is 0.405 e. The third-order valence-electron chi connectivity index (χ3n) is 1.94. The van der Waals surface area contributed by atoms with E-state index in [0.717, 1.165) is 4.90 Å². The fourth-order valence-corrected chi connectivity index (χ4v) is 1.06. The lowest BCUT2D eigenvalue weighted by Crippen LogP contribution is -2.45. The highest BCUT2D eigenvalue weighted by molar-refractivity contribution is 5.78. The maximum atomic E-state index is 11.9. The second-order valence-corrected chi connectivity index (χ2v) is 3.53. The first kappa shape index (κ1) is 16.5. The van der Waals surface area contributed by atoms with Crippen LogP contribution in [0.3, 0.4) is 0 Å². The number of carbonyl (C=O) groups excluding carboxylic acids is 1. The number of amidine groups is 1. The minimum absolute atomic E-state index is 0.0718. The molecule has 0 aliphatic rings. The average Bonchev–Trinajstić information content (AvgIpc) is 2.24. The summed E-state index contributed by atoms with van der Waals surface area (Å²) in [5.74, 6) is -0.138. The first-order chi connectivity index (χ1) is 8.26. The van der Waals surface area contributed by atoms with E-state index in [-0.39, 0.29) is 32.0 Å². The summed E-state index contributed by atoms with van der Waals surface area (Å²) in [4.78, 5) is 12.6. The zero-order valence-corrected chi connectivity index (χ0v) is 10.0. The molecular formula is C9H17F3N4O2. The molecule has 0 fully saturated rings. The number of hydrogen-bond acceptors (Lipinski definition) is 3. The van der Waals surface area contributed by atoms with E-state index in [4.69, 9.17) is 15.9 Å². The van der Waals surface area contributed by atoms with Gasteiger partial charge in [0, 0.05) is 26.6 Å². The number of halogens is 3. The lowest BCUT2D eigenvalue weighted by atomic mass is 10.3. The molecule has 4 N–H and O–H groups in total. The van der Waals surface area contributed by atoms with Gasteiger partial charge >= 0.3 is 12.2 Å². The van der Waals surface area contributed by atoms with Crippen molar-refractivity contribution in [3.63, 3.8) is 0 Å². The normalized spacial score (nSPS) is 11.1. The zero-order valence-electron chi connectivity index (χ0n) is 10.0. The van der Waals surface area contributed by atoms with Gasteiger partial charge in [0.25, 0.3) is 0 Å². The molecule has 9 heteroatoms. The molecule has 18 heavy (non-hydrogen) atoms. The molecule has 0 saturated heterocycles. The van der Waals surface area contributed by atoms with Gasteiger partial charge in [0.15, 0.2) is 0 Å². The fourth-order valence-electron chi connectivity index (χ4n) is 1.06. The number of hydrogen-bond donors (Lipinski definition) is 3. The highest BCUT2D eigenvalue weighted by Crippen LogP contribution is 2.12. The minimum atomic E-state index is -4.46. The molecule has 0 heterocycles. The molecule has 0 spiro atoms. The van der Waals surface area contributed by atoms with E-state index in [1.54, 1.807) is 5.32 Å². The molecule has 0 aromatic rings. The van der Waals surface area contributed by atoms with E-state index in [1.165, 1.54) is 7.11 Å². The van der Waals surface area contributed by atoms with Gasteiger partial charge in [-0.25, -0.2) is 4.79 Å². The predicted molar refractivity (Wildman–Crippen MR) is 59.4 cm³/mol. The second-order valence-electron chi connectivity index (χ2n) is 3.53. The third kappa shape index (κ3) is 8.62. The van der Waals surface area contributed by atoms with Crippen LogP contribution in [0.5, 0.6) is 0 Å². The van der Waals surface area contributed by atoms with Crippen molar-refractivity contribution in [2.24, 2.45) is 5.73 Å². The Balaban J connectivity index is 4.25. The van der Waals surface area contributed by atoms with E-state index < -0.39 is 18.8 Å². The Morgan fingerprint density at radius 2 is 2.06 bits per heavy atom. The van der Waals surface area contributed by atoms with Gasteiger partial charge in [0.2, 0.25) is 0 Å². The number of amides is 2. The zero-order chi connectivity index (χ0) is 14.2. The molecule has 0 radical (unpaired) electrons. The summed E-state index contributed by atoms with van der Waals surface area (Å²) in [7, 11) is 1.41. The molecule has 0 rings (SSSR count). The van der Waals surface area contributed by atoms with Crippen LogP contribution in [0.15, 0.2) is 0 Å². The average molecular weight is 270 g/mol. The Morgan fingerprint density at radius 1 is 1.44 bits per heavy atom. The largest absolute Gasteiger partial charge is 0.405 e. The SMILES string of the molecule is COCCN(CCC(=N)N)C(=O)NCC(F)(F)F. The molecule has 0 aliphatic carbocycles. The Hall–Kier alpha value is -1.51. The van der Waals surface area contributed by atoms with Crippen LogP contribution in [0.2, 0.25) is 0 Å². The van der Waals surface area contributed by atoms with E-state index in [9.17, 15) is 18.0 Å². The van der Waals surface area contributed by atoms with Crippen molar-refractivity contribution in [1.82, 2.24) is 10.2 Å². The van der Waals surface area contributed by atoms with Crippen LogP contribution >= 0.6 is 0 Å². The van der Waals surface area contributed by atoms with Gasteiger partial charge in [-0.05, 0) is 0 Å². The molecule has 106 valence electrons. The lowest BCUT2D eigenvalue weighted by Gasteiger charge is -2.22. The van der Waals surface area contributed by atoms with E-state index in [2.05, 4.69) is 0 Å². The first-order valence-corrected chi connectivity index (χ1v) is 5.17. The summed E-state index contributed by atoms with van der Waals surface area (Å²) in [6.45, 7) is -0.997. The van der Waals surface area contributed by atoms with Crippen LogP contribution in [0.4, 0.5) is 18.0 Å². The summed E-state index contributed by atoms with van der Waals surface area (Å²) < 4.78 is 40.5. The Bertz CT molecular complexity index is 283. The fraction of sp³-hybridized carbons (Fsp3) is 0.778. The summed E-state index contributed by atoms with van der Waals surface area (Å²) >= 11 is 0. The lowest BCUT2D eigenvalue weighted by molar-refractivity contribution is -0.123. The van der Waals surface area contributed by atoms with Crippen molar-refractivity contribution in [2.45, 2.75) is 12.6 Å². The third-order valence-corrected chi connectivity index (χ3v) is 1.94. The monoisotopic (exact) mass is 270 g/mol. The van der Waals surface area contributed by atoms with Gasteiger partial charge in [0.1, 0.15) is 6.54 Å². The quantitative estimate of drug-likeness (QED) is 0.465.